The lowest BCUT2D eigenvalue weighted by Crippen LogP contribution is -2.37. The van der Waals surface area contributed by atoms with Crippen molar-refractivity contribution in [3.8, 4) is 17.6 Å². The molecule has 1 atom stereocenters. The van der Waals surface area contributed by atoms with Gasteiger partial charge in [0.15, 0.2) is 17.6 Å². The number of nitriles is 1. The summed E-state index contributed by atoms with van der Waals surface area (Å²) in [6.45, 7) is 6.38. The van der Waals surface area contributed by atoms with Crippen LogP contribution in [0.2, 0.25) is 0 Å². The number of hydrogen-bond acceptors (Lipinski definition) is 6. The Morgan fingerprint density at radius 3 is 2.50 bits per heavy atom. The molecule has 1 rings (SSSR count). The monoisotopic (exact) mass is 362 g/mol. The summed E-state index contributed by atoms with van der Waals surface area (Å²) < 4.78 is 16.1. The Labute approximate surface area is 154 Å². The Morgan fingerprint density at radius 1 is 1.23 bits per heavy atom. The van der Waals surface area contributed by atoms with Gasteiger partial charge in [0, 0.05) is 13.6 Å². The summed E-state index contributed by atoms with van der Waals surface area (Å²) in [5.74, 6) is 0.322. The Hall–Kier alpha value is -2.75. The number of ether oxygens (including phenoxy) is 3. The van der Waals surface area contributed by atoms with Crippen LogP contribution in [-0.4, -0.2) is 50.2 Å². The van der Waals surface area contributed by atoms with Crippen LogP contribution in [0.25, 0.3) is 0 Å². The first-order chi connectivity index (χ1) is 12.3. The highest BCUT2D eigenvalue weighted by molar-refractivity contribution is 5.92. The molecule has 7 heteroatoms. The molecule has 0 N–H and O–H groups in total. The van der Waals surface area contributed by atoms with Gasteiger partial charge in [0.1, 0.15) is 0 Å². The maximum absolute atomic E-state index is 12.3. The van der Waals surface area contributed by atoms with Crippen molar-refractivity contribution < 1.29 is 23.8 Å². The Bertz CT molecular complexity index is 666. The molecule has 1 aromatic rings. The average molecular weight is 362 g/mol. The summed E-state index contributed by atoms with van der Waals surface area (Å²) in [5.41, 5.74) is 0.262. The lowest BCUT2D eigenvalue weighted by atomic mass is 10.2. The van der Waals surface area contributed by atoms with Crippen LogP contribution in [0.15, 0.2) is 18.2 Å². The second-order valence-corrected chi connectivity index (χ2v) is 6.29. The van der Waals surface area contributed by atoms with Crippen molar-refractivity contribution in [2.45, 2.75) is 33.3 Å². The highest BCUT2D eigenvalue weighted by Gasteiger charge is 2.22. The van der Waals surface area contributed by atoms with Crippen molar-refractivity contribution in [3.63, 3.8) is 0 Å². The van der Waals surface area contributed by atoms with Crippen molar-refractivity contribution in [2.75, 3.05) is 27.3 Å². The van der Waals surface area contributed by atoms with Crippen LogP contribution in [0, 0.1) is 17.2 Å². The number of carbonyl (C=O) groups is 2. The third-order valence-electron chi connectivity index (χ3n) is 3.54. The van der Waals surface area contributed by atoms with Crippen molar-refractivity contribution in [1.29, 1.82) is 5.26 Å². The van der Waals surface area contributed by atoms with Gasteiger partial charge in [-0.2, -0.15) is 5.26 Å². The van der Waals surface area contributed by atoms with E-state index in [0.29, 0.717) is 24.0 Å². The molecule has 26 heavy (non-hydrogen) atoms. The van der Waals surface area contributed by atoms with Gasteiger partial charge in [-0.1, -0.05) is 13.8 Å². The Kier molecular flexibility index (Phi) is 8.43. The minimum atomic E-state index is -0.950. The molecule has 0 saturated carbocycles. The minimum absolute atomic E-state index is 0.220. The van der Waals surface area contributed by atoms with Gasteiger partial charge in [-0.25, -0.2) is 4.79 Å². The van der Waals surface area contributed by atoms with E-state index < -0.39 is 12.1 Å². The van der Waals surface area contributed by atoms with Crippen molar-refractivity contribution in [1.82, 2.24) is 4.90 Å². The first kappa shape index (κ1) is 21.3. The molecule has 1 aromatic carbocycles. The van der Waals surface area contributed by atoms with Crippen molar-refractivity contribution >= 4 is 11.9 Å². The van der Waals surface area contributed by atoms with Crippen LogP contribution < -0.4 is 9.47 Å². The summed E-state index contributed by atoms with van der Waals surface area (Å²) in [6, 6.07) is 6.70. The zero-order chi connectivity index (χ0) is 19.7. The van der Waals surface area contributed by atoms with E-state index in [9.17, 15) is 9.59 Å². The number of amides is 1. The van der Waals surface area contributed by atoms with Gasteiger partial charge in [0.05, 0.1) is 31.8 Å². The van der Waals surface area contributed by atoms with Crippen LogP contribution in [0.1, 0.15) is 37.6 Å². The number of nitrogens with zero attached hydrogens (tertiary/aromatic N) is 2. The molecule has 0 bridgehead atoms. The smallest absolute Gasteiger partial charge is 0.339 e. The van der Waals surface area contributed by atoms with Crippen LogP contribution in [0.4, 0.5) is 0 Å². The largest absolute Gasteiger partial charge is 0.493 e. The molecule has 0 aliphatic carbocycles. The first-order valence-electron chi connectivity index (χ1n) is 8.43. The quantitative estimate of drug-likeness (QED) is 0.628. The molecule has 0 saturated heterocycles. The van der Waals surface area contributed by atoms with Gasteiger partial charge in [-0.15, -0.1) is 0 Å². The fourth-order valence-corrected chi connectivity index (χ4v) is 2.09. The van der Waals surface area contributed by atoms with Gasteiger partial charge >= 0.3 is 5.97 Å². The van der Waals surface area contributed by atoms with E-state index in [1.165, 1.54) is 25.0 Å². The maximum Gasteiger partial charge on any atom is 0.339 e. The van der Waals surface area contributed by atoms with Crippen LogP contribution in [0.5, 0.6) is 11.5 Å². The number of hydrogen-bond donors (Lipinski definition) is 0. The standard InChI is InChI=1S/C19H26N2O5/c1-13(2)12-25-16-8-7-15(11-17(16)24-5)19(23)26-14(3)18(22)21(4)10-6-9-20/h7-8,11,13-14H,6,10,12H2,1-5H3/t14-/m0/s1. The van der Waals surface area contributed by atoms with E-state index in [0.717, 1.165) is 0 Å². The molecule has 0 spiro atoms. The molecule has 7 nitrogen and oxygen atoms in total. The fraction of sp³-hybridized carbons (Fsp3) is 0.526. The second kappa shape index (κ2) is 10.3. The normalized spacial score (nSPS) is 11.4. The number of benzene rings is 1. The second-order valence-electron chi connectivity index (χ2n) is 6.29. The van der Waals surface area contributed by atoms with E-state index in [2.05, 4.69) is 0 Å². The third kappa shape index (κ3) is 6.28. The van der Waals surface area contributed by atoms with Crippen molar-refractivity contribution in [3.05, 3.63) is 23.8 Å². The van der Waals surface area contributed by atoms with Crippen LogP contribution >= 0.6 is 0 Å². The number of likely N-dealkylation sites (N-methyl/N-ethyl adjacent to an activating group) is 1. The average Bonchev–Trinajstić information content (AvgIpc) is 2.63. The molecule has 0 unspecified atom stereocenters. The molecule has 0 aromatic heterocycles. The summed E-state index contributed by atoms with van der Waals surface area (Å²) in [5, 5.41) is 8.57. The fourth-order valence-electron chi connectivity index (χ4n) is 2.09. The van der Waals surface area contributed by atoms with Gasteiger partial charge in [0.25, 0.3) is 5.91 Å². The topological polar surface area (TPSA) is 88.9 Å². The molecule has 1 amide bonds. The Morgan fingerprint density at radius 2 is 1.92 bits per heavy atom. The number of esters is 1. The summed E-state index contributed by atoms with van der Waals surface area (Å²) in [6.07, 6.45) is -0.730. The van der Waals surface area contributed by atoms with E-state index in [4.69, 9.17) is 19.5 Å². The van der Waals surface area contributed by atoms with Crippen LogP contribution in [0.3, 0.4) is 0 Å². The predicted molar refractivity (Wildman–Crippen MR) is 96.1 cm³/mol. The van der Waals surface area contributed by atoms with E-state index >= 15 is 0 Å². The molecule has 0 radical (unpaired) electrons. The van der Waals surface area contributed by atoms with Gasteiger partial charge in [-0.3, -0.25) is 4.79 Å². The highest BCUT2D eigenvalue weighted by Crippen LogP contribution is 2.29. The van der Waals surface area contributed by atoms with E-state index in [1.807, 2.05) is 19.9 Å². The zero-order valence-corrected chi connectivity index (χ0v) is 15.9. The van der Waals surface area contributed by atoms with Gasteiger partial charge < -0.3 is 19.1 Å². The third-order valence-corrected chi connectivity index (χ3v) is 3.54. The predicted octanol–water partition coefficient (Wildman–Crippen LogP) is 2.65. The van der Waals surface area contributed by atoms with E-state index in [1.54, 1.807) is 19.2 Å². The summed E-state index contributed by atoms with van der Waals surface area (Å²) >= 11 is 0. The van der Waals surface area contributed by atoms with E-state index in [-0.39, 0.29) is 24.4 Å². The number of carbonyl (C=O) groups excluding carboxylic acids is 2. The molecule has 142 valence electrons. The summed E-state index contributed by atoms with van der Waals surface area (Å²) in [4.78, 5) is 25.8. The van der Waals surface area contributed by atoms with Crippen molar-refractivity contribution in [2.24, 2.45) is 5.92 Å². The molecule has 0 fully saturated rings. The lowest BCUT2D eigenvalue weighted by Gasteiger charge is -2.20. The van der Waals surface area contributed by atoms with Gasteiger partial charge in [-0.05, 0) is 31.0 Å². The summed E-state index contributed by atoms with van der Waals surface area (Å²) in [7, 11) is 3.05. The maximum atomic E-state index is 12.3. The molecule has 0 heterocycles. The van der Waals surface area contributed by atoms with Crippen LogP contribution in [-0.2, 0) is 9.53 Å². The molecule has 0 aliphatic heterocycles. The zero-order valence-electron chi connectivity index (χ0n) is 15.9. The van der Waals surface area contributed by atoms with Gasteiger partial charge in [0.2, 0.25) is 0 Å². The molecular weight excluding hydrogens is 336 g/mol. The molecule has 0 aliphatic rings. The SMILES string of the molecule is COc1cc(C(=O)O[C@@H](C)C(=O)N(C)CCC#N)ccc1OCC(C)C. The number of rotatable bonds is 9. The lowest BCUT2D eigenvalue weighted by molar-refractivity contribution is -0.138. The highest BCUT2D eigenvalue weighted by atomic mass is 16.5. The molecular formula is C19H26N2O5. The Balaban J connectivity index is 2.77. The minimum Gasteiger partial charge on any atom is -0.493 e. The first-order valence-corrected chi connectivity index (χ1v) is 8.43. The number of methoxy groups -OCH3 is 1.